The van der Waals surface area contributed by atoms with E-state index in [-0.39, 0.29) is 0 Å². The van der Waals surface area contributed by atoms with Gasteiger partial charge in [0.15, 0.2) is 5.58 Å². The Balaban J connectivity index is 1.09. The Kier molecular flexibility index (Phi) is 5.00. The molecular weight excluding hydrogens is 607 g/mol. The molecule has 0 atom stereocenters. The Hall–Kier alpha value is -6.64. The maximum Gasteiger partial charge on any atom is 0.160 e. The van der Waals surface area contributed by atoms with E-state index in [0.717, 1.165) is 27.8 Å². The van der Waals surface area contributed by atoms with Crippen LogP contribution in [0.15, 0.2) is 168 Å². The summed E-state index contributed by atoms with van der Waals surface area (Å²) in [6, 6.07) is 59.9. The first-order valence-corrected chi connectivity index (χ1v) is 17.3. The lowest BCUT2D eigenvalue weighted by Gasteiger charge is -2.13. The molecule has 0 bridgehead atoms. The molecule has 230 valence electrons. The molecule has 0 fully saturated rings. The molecule has 2 nitrogen and oxygen atoms in total. The van der Waals surface area contributed by atoms with Gasteiger partial charge in [0, 0.05) is 27.2 Å². The van der Waals surface area contributed by atoms with Crippen molar-refractivity contribution in [1.82, 2.24) is 4.57 Å². The van der Waals surface area contributed by atoms with E-state index in [0.29, 0.717) is 0 Å². The zero-order valence-electron chi connectivity index (χ0n) is 26.9. The summed E-state index contributed by atoms with van der Waals surface area (Å²) in [5.41, 5.74) is 13.1. The molecule has 12 rings (SSSR count). The first-order chi connectivity index (χ1) is 24.8. The second-order valence-electron chi connectivity index (χ2n) is 13.6. The largest absolute Gasteiger partial charge is 0.454 e. The highest BCUT2D eigenvalue weighted by atomic mass is 16.3. The normalized spacial score (nSPS) is 12.4. The van der Waals surface area contributed by atoms with Crippen molar-refractivity contribution >= 4 is 76.1 Å². The molecule has 0 saturated carbocycles. The third kappa shape index (κ3) is 3.32. The van der Waals surface area contributed by atoms with E-state index < -0.39 is 0 Å². The zero-order chi connectivity index (χ0) is 32.5. The standard InChI is InChI=1S/C48H27NO/c1-2-11-34-33(10-1)36-17-9-16-35-32(24-25-39(34)44(35)36)30-21-20-29-27-31(23-22-28(29)26-30)49-42-18-7-5-14-40(42)45-37-12-3-4-13-38(37)46-41-15-6-8-19-43(41)50-48(46)47(45)49/h1-27H. The number of fused-ring (bicyclic) bond motifs is 14. The van der Waals surface area contributed by atoms with Gasteiger partial charge >= 0.3 is 0 Å². The first-order valence-electron chi connectivity index (χ1n) is 17.3. The van der Waals surface area contributed by atoms with Gasteiger partial charge in [0.1, 0.15) is 5.58 Å². The van der Waals surface area contributed by atoms with E-state index >= 15 is 0 Å². The number of hydrogen-bond donors (Lipinski definition) is 0. The molecule has 0 radical (unpaired) electrons. The minimum Gasteiger partial charge on any atom is -0.454 e. The number of furan rings is 1. The Bertz CT molecular complexity index is 3240. The predicted molar refractivity (Wildman–Crippen MR) is 210 cm³/mol. The summed E-state index contributed by atoms with van der Waals surface area (Å²) in [5.74, 6) is 0. The highest BCUT2D eigenvalue weighted by Crippen LogP contribution is 2.50. The third-order valence-corrected chi connectivity index (χ3v) is 11.1. The SMILES string of the molecule is c1ccc2c(c1)-c1cccc3c(-c4ccc5cc(-n6c7ccccc7c7c8ccccc8c8c9ccccc9oc8c76)ccc5c4)ccc-2c13. The lowest BCUT2D eigenvalue weighted by molar-refractivity contribution is 0.671. The fourth-order valence-electron chi connectivity index (χ4n) is 8.99. The summed E-state index contributed by atoms with van der Waals surface area (Å²) < 4.78 is 9.19. The van der Waals surface area contributed by atoms with Gasteiger partial charge in [-0.3, -0.25) is 0 Å². The molecule has 2 heterocycles. The van der Waals surface area contributed by atoms with Crippen molar-refractivity contribution in [2.75, 3.05) is 0 Å². The van der Waals surface area contributed by atoms with Crippen LogP contribution < -0.4 is 0 Å². The Labute approximate surface area is 287 Å². The van der Waals surface area contributed by atoms with Crippen LogP contribution in [0, 0.1) is 0 Å². The summed E-state index contributed by atoms with van der Waals surface area (Å²) in [7, 11) is 0. The highest BCUT2D eigenvalue weighted by Gasteiger charge is 2.24. The Morgan fingerprint density at radius 1 is 0.380 bits per heavy atom. The molecule has 1 aliphatic rings. The van der Waals surface area contributed by atoms with Crippen LogP contribution in [0.2, 0.25) is 0 Å². The fraction of sp³-hybridized carbons (Fsp3) is 0. The maximum absolute atomic E-state index is 6.77. The van der Waals surface area contributed by atoms with Gasteiger partial charge in [-0.1, -0.05) is 133 Å². The van der Waals surface area contributed by atoms with Crippen molar-refractivity contribution in [3.63, 3.8) is 0 Å². The first kappa shape index (κ1) is 26.3. The second-order valence-corrected chi connectivity index (χ2v) is 13.6. The maximum atomic E-state index is 6.77. The molecule has 0 saturated heterocycles. The van der Waals surface area contributed by atoms with Crippen molar-refractivity contribution < 1.29 is 4.42 Å². The van der Waals surface area contributed by atoms with E-state index in [1.807, 2.05) is 0 Å². The molecule has 11 aromatic rings. The zero-order valence-corrected chi connectivity index (χ0v) is 26.9. The van der Waals surface area contributed by atoms with E-state index in [4.69, 9.17) is 4.42 Å². The van der Waals surface area contributed by atoms with Crippen molar-refractivity contribution in [2.45, 2.75) is 0 Å². The molecule has 0 aliphatic heterocycles. The van der Waals surface area contributed by atoms with E-state index in [9.17, 15) is 0 Å². The summed E-state index contributed by atoms with van der Waals surface area (Å²) in [4.78, 5) is 0. The molecule has 0 N–H and O–H groups in total. The van der Waals surface area contributed by atoms with Crippen molar-refractivity contribution in [3.05, 3.63) is 164 Å². The third-order valence-electron chi connectivity index (χ3n) is 11.1. The fourth-order valence-corrected chi connectivity index (χ4v) is 8.99. The molecule has 0 amide bonds. The minimum atomic E-state index is 0.912. The molecule has 9 aromatic carbocycles. The molecule has 50 heavy (non-hydrogen) atoms. The molecule has 0 spiro atoms. The summed E-state index contributed by atoms with van der Waals surface area (Å²) in [5, 5.41) is 12.3. The van der Waals surface area contributed by atoms with Crippen LogP contribution in [-0.2, 0) is 0 Å². The Morgan fingerprint density at radius 2 is 1.00 bits per heavy atom. The van der Waals surface area contributed by atoms with Gasteiger partial charge in [0.05, 0.1) is 11.0 Å². The van der Waals surface area contributed by atoms with Crippen LogP contribution in [0.4, 0.5) is 0 Å². The molecule has 2 heteroatoms. The molecule has 0 unspecified atom stereocenters. The number of nitrogens with zero attached hydrogens (tertiary/aromatic N) is 1. The van der Waals surface area contributed by atoms with Crippen molar-refractivity contribution in [2.24, 2.45) is 0 Å². The lowest BCUT2D eigenvalue weighted by Crippen LogP contribution is -1.94. The van der Waals surface area contributed by atoms with E-state index in [1.54, 1.807) is 0 Å². The van der Waals surface area contributed by atoms with Crippen LogP contribution in [-0.4, -0.2) is 4.57 Å². The molecule has 2 aromatic heterocycles. The summed E-state index contributed by atoms with van der Waals surface area (Å²) in [6.45, 7) is 0. The van der Waals surface area contributed by atoms with Crippen molar-refractivity contribution in [3.8, 4) is 39.1 Å². The van der Waals surface area contributed by atoms with E-state index in [1.165, 1.54) is 87.4 Å². The van der Waals surface area contributed by atoms with Gasteiger partial charge in [-0.15, -0.1) is 0 Å². The van der Waals surface area contributed by atoms with Crippen molar-refractivity contribution in [1.29, 1.82) is 0 Å². The van der Waals surface area contributed by atoms with Crippen LogP contribution in [0.25, 0.3) is 115 Å². The number of rotatable bonds is 2. The second kappa shape index (κ2) is 9.49. The lowest BCUT2D eigenvalue weighted by atomic mass is 9.93. The average molecular weight is 634 g/mol. The van der Waals surface area contributed by atoms with Gasteiger partial charge in [-0.05, 0) is 96.0 Å². The van der Waals surface area contributed by atoms with Crippen LogP contribution in [0.1, 0.15) is 0 Å². The number of aromatic nitrogens is 1. The van der Waals surface area contributed by atoms with Crippen LogP contribution in [0.5, 0.6) is 0 Å². The van der Waals surface area contributed by atoms with Gasteiger partial charge in [0.25, 0.3) is 0 Å². The number of benzene rings is 9. The minimum absolute atomic E-state index is 0.912. The Morgan fingerprint density at radius 3 is 1.86 bits per heavy atom. The predicted octanol–water partition coefficient (Wildman–Crippen LogP) is 13.5. The van der Waals surface area contributed by atoms with Crippen LogP contribution in [0.3, 0.4) is 0 Å². The number of para-hydroxylation sites is 2. The monoisotopic (exact) mass is 633 g/mol. The van der Waals surface area contributed by atoms with Crippen LogP contribution >= 0.6 is 0 Å². The average Bonchev–Trinajstić information content (AvgIpc) is 3.84. The van der Waals surface area contributed by atoms with E-state index in [2.05, 4.69) is 168 Å². The molecule has 1 aliphatic carbocycles. The van der Waals surface area contributed by atoms with Gasteiger partial charge in [0.2, 0.25) is 0 Å². The molecular formula is C48H27NO. The quantitative estimate of drug-likeness (QED) is 0.185. The van der Waals surface area contributed by atoms with Gasteiger partial charge in [-0.25, -0.2) is 0 Å². The number of hydrogen-bond acceptors (Lipinski definition) is 1. The van der Waals surface area contributed by atoms with Gasteiger partial charge < -0.3 is 8.98 Å². The smallest absolute Gasteiger partial charge is 0.160 e. The summed E-state index contributed by atoms with van der Waals surface area (Å²) >= 11 is 0. The van der Waals surface area contributed by atoms with Gasteiger partial charge in [-0.2, -0.15) is 0 Å². The highest BCUT2D eigenvalue weighted by molar-refractivity contribution is 6.35. The topological polar surface area (TPSA) is 18.1 Å². The summed E-state index contributed by atoms with van der Waals surface area (Å²) in [6.07, 6.45) is 0.